The van der Waals surface area contributed by atoms with Crippen LogP contribution in [-0.4, -0.2) is 31.4 Å². The summed E-state index contributed by atoms with van der Waals surface area (Å²) in [7, 11) is 0. The van der Waals surface area contributed by atoms with E-state index in [2.05, 4.69) is 52.9 Å². The lowest BCUT2D eigenvalue weighted by Crippen LogP contribution is -2.35. The van der Waals surface area contributed by atoms with Crippen molar-refractivity contribution in [2.75, 3.05) is 6.54 Å². The number of hydrogen-bond acceptors (Lipinski definition) is 5. The molecule has 4 rings (SSSR count). The number of rotatable bonds is 3. The molecule has 7 heteroatoms. The molecule has 1 N–H and O–H groups in total. The van der Waals surface area contributed by atoms with E-state index in [0.717, 1.165) is 40.8 Å². The summed E-state index contributed by atoms with van der Waals surface area (Å²) in [5.74, 6) is 0.532. The SMILES string of the molecule is O=c1[nH]c(-c2cncnc2)nc2c1CN(Cc1cccc(Br)c1)CC2. The number of fused-ring (bicyclic) bond motifs is 1. The van der Waals surface area contributed by atoms with Crippen LogP contribution in [0.5, 0.6) is 0 Å². The minimum atomic E-state index is -0.0807. The second-order valence-corrected chi connectivity index (χ2v) is 6.97. The number of H-pyrrole nitrogens is 1. The van der Waals surface area contributed by atoms with Gasteiger partial charge >= 0.3 is 0 Å². The van der Waals surface area contributed by atoms with Gasteiger partial charge in [0.2, 0.25) is 0 Å². The van der Waals surface area contributed by atoms with Crippen LogP contribution >= 0.6 is 15.9 Å². The van der Waals surface area contributed by atoms with Crippen molar-refractivity contribution in [2.24, 2.45) is 0 Å². The molecule has 0 atom stereocenters. The minimum absolute atomic E-state index is 0.0807. The van der Waals surface area contributed by atoms with E-state index in [1.807, 2.05) is 12.1 Å². The topological polar surface area (TPSA) is 74.8 Å². The Labute approximate surface area is 153 Å². The fourth-order valence-corrected chi connectivity index (χ4v) is 3.51. The van der Waals surface area contributed by atoms with Crippen LogP contribution in [0.1, 0.15) is 16.8 Å². The Bertz CT molecular complexity index is 957. The Hall–Kier alpha value is -2.38. The van der Waals surface area contributed by atoms with Crippen LogP contribution in [0, 0.1) is 0 Å². The largest absolute Gasteiger partial charge is 0.306 e. The molecule has 0 bridgehead atoms. The van der Waals surface area contributed by atoms with Crippen molar-refractivity contribution < 1.29 is 0 Å². The summed E-state index contributed by atoms with van der Waals surface area (Å²) in [5.41, 5.74) is 3.48. The first-order chi connectivity index (χ1) is 12.2. The van der Waals surface area contributed by atoms with Gasteiger partial charge in [0, 0.05) is 42.9 Å². The van der Waals surface area contributed by atoms with Crippen LogP contribution in [0.3, 0.4) is 0 Å². The van der Waals surface area contributed by atoms with E-state index in [4.69, 9.17) is 0 Å². The molecule has 2 aromatic heterocycles. The van der Waals surface area contributed by atoms with Crippen molar-refractivity contribution in [3.63, 3.8) is 0 Å². The van der Waals surface area contributed by atoms with E-state index in [9.17, 15) is 4.79 Å². The van der Waals surface area contributed by atoms with E-state index in [-0.39, 0.29) is 5.56 Å². The highest BCUT2D eigenvalue weighted by Gasteiger charge is 2.21. The fourth-order valence-electron chi connectivity index (χ4n) is 3.07. The molecule has 3 aromatic rings. The normalized spacial score (nSPS) is 14.3. The van der Waals surface area contributed by atoms with Gasteiger partial charge in [-0.15, -0.1) is 0 Å². The number of aromatic amines is 1. The maximum absolute atomic E-state index is 12.5. The Kier molecular flexibility index (Phi) is 4.42. The lowest BCUT2D eigenvalue weighted by atomic mass is 10.1. The van der Waals surface area contributed by atoms with Crippen LogP contribution < -0.4 is 5.56 Å². The number of nitrogens with zero attached hydrogens (tertiary/aromatic N) is 4. The van der Waals surface area contributed by atoms with Crippen LogP contribution in [0.25, 0.3) is 11.4 Å². The summed E-state index contributed by atoms with van der Waals surface area (Å²) in [4.78, 5) is 30.3. The highest BCUT2D eigenvalue weighted by atomic mass is 79.9. The minimum Gasteiger partial charge on any atom is -0.306 e. The first-order valence-electron chi connectivity index (χ1n) is 8.03. The van der Waals surface area contributed by atoms with Gasteiger partial charge in [0.25, 0.3) is 5.56 Å². The summed E-state index contributed by atoms with van der Waals surface area (Å²) >= 11 is 3.50. The van der Waals surface area contributed by atoms with Gasteiger partial charge in [-0.05, 0) is 17.7 Å². The van der Waals surface area contributed by atoms with Crippen molar-refractivity contribution >= 4 is 15.9 Å². The molecule has 0 radical (unpaired) electrons. The van der Waals surface area contributed by atoms with Crippen LogP contribution in [0.2, 0.25) is 0 Å². The maximum Gasteiger partial charge on any atom is 0.255 e. The molecule has 1 aliphatic rings. The van der Waals surface area contributed by atoms with E-state index < -0.39 is 0 Å². The number of nitrogens with one attached hydrogen (secondary N) is 1. The van der Waals surface area contributed by atoms with Gasteiger partial charge in [0.05, 0.1) is 16.8 Å². The van der Waals surface area contributed by atoms with Crippen LogP contribution in [0.4, 0.5) is 0 Å². The fraction of sp³-hybridized carbons (Fsp3) is 0.222. The molecule has 0 unspecified atom stereocenters. The Morgan fingerprint density at radius 3 is 2.88 bits per heavy atom. The van der Waals surface area contributed by atoms with Crippen LogP contribution in [-0.2, 0) is 19.5 Å². The monoisotopic (exact) mass is 397 g/mol. The molecule has 0 aliphatic carbocycles. The molecule has 1 aromatic carbocycles. The third-order valence-electron chi connectivity index (χ3n) is 4.28. The lowest BCUT2D eigenvalue weighted by Gasteiger charge is -2.27. The first-order valence-corrected chi connectivity index (χ1v) is 8.82. The molecular weight excluding hydrogens is 382 g/mol. The Morgan fingerprint density at radius 1 is 1.24 bits per heavy atom. The maximum atomic E-state index is 12.5. The Balaban J connectivity index is 1.58. The number of halogens is 1. The second-order valence-electron chi connectivity index (χ2n) is 6.06. The molecule has 0 spiro atoms. The highest BCUT2D eigenvalue weighted by Crippen LogP contribution is 2.20. The summed E-state index contributed by atoms with van der Waals surface area (Å²) < 4.78 is 1.07. The average Bonchev–Trinajstić information content (AvgIpc) is 2.63. The zero-order valence-corrected chi connectivity index (χ0v) is 15.0. The quantitative estimate of drug-likeness (QED) is 0.734. The van der Waals surface area contributed by atoms with Gasteiger partial charge in [0.15, 0.2) is 0 Å². The van der Waals surface area contributed by atoms with Crippen molar-refractivity contribution in [3.8, 4) is 11.4 Å². The third-order valence-corrected chi connectivity index (χ3v) is 4.77. The second kappa shape index (κ2) is 6.85. The highest BCUT2D eigenvalue weighted by molar-refractivity contribution is 9.10. The lowest BCUT2D eigenvalue weighted by molar-refractivity contribution is 0.242. The predicted molar refractivity (Wildman–Crippen MR) is 97.8 cm³/mol. The third kappa shape index (κ3) is 3.52. The Morgan fingerprint density at radius 2 is 2.08 bits per heavy atom. The van der Waals surface area contributed by atoms with Crippen molar-refractivity contribution in [1.29, 1.82) is 0 Å². The van der Waals surface area contributed by atoms with E-state index in [1.54, 1.807) is 12.4 Å². The summed E-state index contributed by atoms with van der Waals surface area (Å²) in [6.07, 6.45) is 5.52. The van der Waals surface area contributed by atoms with Gasteiger partial charge < -0.3 is 4.98 Å². The smallest absolute Gasteiger partial charge is 0.255 e. The number of aromatic nitrogens is 4. The predicted octanol–water partition coefficient (Wildman–Crippen LogP) is 2.55. The van der Waals surface area contributed by atoms with Gasteiger partial charge in [-0.25, -0.2) is 15.0 Å². The zero-order chi connectivity index (χ0) is 17.2. The molecule has 0 amide bonds. The molecule has 1 aliphatic heterocycles. The molecular formula is C18H16BrN5O. The van der Waals surface area contributed by atoms with Crippen molar-refractivity contribution in [1.82, 2.24) is 24.8 Å². The molecule has 6 nitrogen and oxygen atoms in total. The first kappa shape index (κ1) is 16.1. The molecule has 25 heavy (non-hydrogen) atoms. The average molecular weight is 398 g/mol. The van der Waals surface area contributed by atoms with E-state index in [0.29, 0.717) is 12.4 Å². The van der Waals surface area contributed by atoms with E-state index >= 15 is 0 Å². The van der Waals surface area contributed by atoms with Gasteiger partial charge in [-0.3, -0.25) is 9.69 Å². The van der Waals surface area contributed by atoms with Crippen molar-refractivity contribution in [2.45, 2.75) is 19.5 Å². The molecule has 0 saturated heterocycles. The standard InChI is InChI=1S/C18H16BrN5O/c19-14-3-1-2-12(6-14)9-24-5-4-16-15(10-24)18(25)23-17(22-16)13-7-20-11-21-8-13/h1-3,6-8,11H,4-5,9-10H2,(H,22,23,25). The van der Waals surface area contributed by atoms with Gasteiger partial charge in [-0.2, -0.15) is 0 Å². The van der Waals surface area contributed by atoms with Gasteiger partial charge in [-0.1, -0.05) is 28.1 Å². The van der Waals surface area contributed by atoms with Crippen LogP contribution in [0.15, 0.2) is 52.3 Å². The van der Waals surface area contributed by atoms with Gasteiger partial charge in [0.1, 0.15) is 12.2 Å². The molecule has 126 valence electrons. The number of hydrogen-bond donors (Lipinski definition) is 1. The molecule has 0 fully saturated rings. The summed E-state index contributed by atoms with van der Waals surface area (Å²) in [6.45, 7) is 2.29. The molecule has 3 heterocycles. The summed E-state index contributed by atoms with van der Waals surface area (Å²) in [6, 6.07) is 8.25. The van der Waals surface area contributed by atoms with E-state index in [1.165, 1.54) is 11.9 Å². The van der Waals surface area contributed by atoms with Crippen molar-refractivity contribution in [3.05, 3.63) is 74.6 Å². The zero-order valence-electron chi connectivity index (χ0n) is 13.4. The summed E-state index contributed by atoms with van der Waals surface area (Å²) in [5, 5.41) is 0. The number of benzene rings is 1. The molecule has 0 saturated carbocycles.